The number of hydrogen-bond donors (Lipinski definition) is 2. The molecule has 4 rings (SSSR count). The average Bonchev–Trinajstić information content (AvgIpc) is 3.08. The molecule has 168 valence electrons. The quantitative estimate of drug-likeness (QED) is 0.708. The van der Waals surface area contributed by atoms with E-state index >= 15 is 0 Å². The second-order valence-electron chi connectivity index (χ2n) is 9.31. The maximum Gasteiger partial charge on any atom is 0.165 e. The van der Waals surface area contributed by atoms with Gasteiger partial charge >= 0.3 is 0 Å². The summed E-state index contributed by atoms with van der Waals surface area (Å²) in [5, 5.41) is 21.7. The Labute approximate surface area is 184 Å². The van der Waals surface area contributed by atoms with Gasteiger partial charge in [0, 0.05) is 31.6 Å². The number of rotatable bonds is 7. The summed E-state index contributed by atoms with van der Waals surface area (Å²) in [6, 6.07) is 13.6. The van der Waals surface area contributed by atoms with Crippen molar-refractivity contribution in [2.24, 2.45) is 0 Å². The number of hydrogen-bond acceptors (Lipinski definition) is 6. The maximum absolute atomic E-state index is 11.1. The van der Waals surface area contributed by atoms with E-state index in [1.807, 2.05) is 36.4 Å². The number of nitrogens with zero attached hydrogens (tertiary/aromatic N) is 1. The van der Waals surface area contributed by atoms with Crippen molar-refractivity contribution in [2.75, 3.05) is 33.4 Å². The molecule has 0 aromatic heterocycles. The molecule has 6 heteroatoms. The van der Waals surface area contributed by atoms with E-state index in [4.69, 9.17) is 14.2 Å². The van der Waals surface area contributed by atoms with Gasteiger partial charge in [0.15, 0.2) is 11.5 Å². The highest BCUT2D eigenvalue weighted by Crippen LogP contribution is 2.41. The van der Waals surface area contributed by atoms with Crippen LogP contribution in [0.5, 0.6) is 17.2 Å². The minimum atomic E-state index is -0.860. The van der Waals surface area contributed by atoms with Crippen molar-refractivity contribution >= 4 is 0 Å². The Morgan fingerprint density at radius 3 is 2.61 bits per heavy atom. The molecular formula is C25H33NO5. The number of para-hydroxylation sites is 1. The molecule has 2 N–H and O–H groups in total. The number of β-amino-alcohol motifs (C(OH)–C–C–N with tert-alkyl or cyclic N) is 1. The Morgan fingerprint density at radius 2 is 1.87 bits per heavy atom. The smallest absolute Gasteiger partial charge is 0.165 e. The fraction of sp³-hybridized carbons (Fsp3) is 0.520. The lowest BCUT2D eigenvalue weighted by Gasteiger charge is -2.39. The minimum absolute atomic E-state index is 0.205. The standard InChI is InChI=1S/C25H33NO5/c1-24(2)15-18-6-4-9-22(23(18)31-24)30-17-20(27)16-26-12-10-25(28,11-13-26)19-7-5-8-21(14-19)29-3/h4-9,14,20,27-28H,10-13,15-17H2,1-3H3. The van der Waals surface area contributed by atoms with Crippen LogP contribution in [0, 0.1) is 0 Å². The molecule has 2 aliphatic rings. The number of likely N-dealkylation sites (tertiary alicyclic amines) is 1. The monoisotopic (exact) mass is 427 g/mol. The molecule has 0 amide bonds. The molecule has 1 saturated heterocycles. The first-order chi connectivity index (χ1) is 14.8. The van der Waals surface area contributed by atoms with Crippen molar-refractivity contribution in [3.05, 3.63) is 53.6 Å². The third-order valence-corrected chi connectivity index (χ3v) is 6.25. The van der Waals surface area contributed by atoms with Crippen LogP contribution in [0.15, 0.2) is 42.5 Å². The van der Waals surface area contributed by atoms with Gasteiger partial charge in [-0.1, -0.05) is 24.3 Å². The summed E-state index contributed by atoms with van der Waals surface area (Å²) in [6.07, 6.45) is 1.46. The number of benzene rings is 2. The Kier molecular flexibility index (Phi) is 6.15. The molecule has 0 saturated carbocycles. The summed E-state index contributed by atoms with van der Waals surface area (Å²) in [5.41, 5.74) is 0.940. The zero-order chi connectivity index (χ0) is 22.1. The average molecular weight is 428 g/mol. The highest BCUT2D eigenvalue weighted by Gasteiger charge is 2.35. The van der Waals surface area contributed by atoms with Crippen molar-refractivity contribution < 1.29 is 24.4 Å². The molecule has 1 atom stereocenters. The number of fused-ring (bicyclic) bond motifs is 1. The number of ether oxygens (including phenoxy) is 3. The van der Waals surface area contributed by atoms with Gasteiger partial charge in [-0.15, -0.1) is 0 Å². The third-order valence-electron chi connectivity index (χ3n) is 6.25. The van der Waals surface area contributed by atoms with Crippen LogP contribution < -0.4 is 14.2 Å². The first-order valence-corrected chi connectivity index (χ1v) is 11.0. The first-order valence-electron chi connectivity index (χ1n) is 11.0. The lowest BCUT2D eigenvalue weighted by atomic mass is 9.84. The summed E-state index contributed by atoms with van der Waals surface area (Å²) >= 11 is 0. The van der Waals surface area contributed by atoms with Gasteiger partial charge in [-0.2, -0.15) is 0 Å². The molecule has 0 aliphatic carbocycles. The zero-order valence-electron chi connectivity index (χ0n) is 18.6. The molecule has 31 heavy (non-hydrogen) atoms. The van der Waals surface area contributed by atoms with Crippen LogP contribution in [0.3, 0.4) is 0 Å². The third kappa shape index (κ3) is 4.97. The molecule has 2 aliphatic heterocycles. The van der Waals surface area contributed by atoms with Crippen LogP contribution in [-0.4, -0.2) is 60.2 Å². The Bertz CT molecular complexity index is 905. The van der Waals surface area contributed by atoms with E-state index in [2.05, 4.69) is 24.8 Å². The molecule has 2 aromatic carbocycles. The molecule has 2 aromatic rings. The van der Waals surface area contributed by atoms with E-state index in [1.54, 1.807) is 7.11 Å². The van der Waals surface area contributed by atoms with Crippen LogP contribution in [0.4, 0.5) is 0 Å². The molecular weight excluding hydrogens is 394 g/mol. The number of aliphatic hydroxyl groups excluding tert-OH is 1. The summed E-state index contributed by atoms with van der Waals surface area (Å²) in [4.78, 5) is 2.18. The second-order valence-corrected chi connectivity index (χ2v) is 9.31. The Hall–Kier alpha value is -2.28. The zero-order valence-corrected chi connectivity index (χ0v) is 18.6. The van der Waals surface area contributed by atoms with Crippen molar-refractivity contribution in [1.82, 2.24) is 4.90 Å². The van der Waals surface area contributed by atoms with E-state index < -0.39 is 11.7 Å². The number of piperidine rings is 1. The predicted molar refractivity (Wildman–Crippen MR) is 119 cm³/mol. The van der Waals surface area contributed by atoms with Crippen LogP contribution >= 0.6 is 0 Å². The Morgan fingerprint density at radius 1 is 1.13 bits per heavy atom. The van der Waals surface area contributed by atoms with E-state index in [0.29, 0.717) is 38.2 Å². The van der Waals surface area contributed by atoms with Crippen LogP contribution in [-0.2, 0) is 12.0 Å². The van der Waals surface area contributed by atoms with E-state index in [0.717, 1.165) is 29.0 Å². The minimum Gasteiger partial charge on any atom is -0.497 e. The molecule has 2 heterocycles. The molecule has 1 unspecified atom stereocenters. The van der Waals surface area contributed by atoms with Gasteiger partial charge in [-0.3, -0.25) is 0 Å². The largest absolute Gasteiger partial charge is 0.497 e. The maximum atomic E-state index is 11.1. The molecule has 0 radical (unpaired) electrons. The fourth-order valence-corrected chi connectivity index (χ4v) is 4.54. The van der Waals surface area contributed by atoms with E-state index in [1.165, 1.54) is 0 Å². The van der Waals surface area contributed by atoms with Crippen molar-refractivity contribution in [3.8, 4) is 17.2 Å². The highest BCUT2D eigenvalue weighted by atomic mass is 16.5. The van der Waals surface area contributed by atoms with Crippen molar-refractivity contribution in [3.63, 3.8) is 0 Å². The van der Waals surface area contributed by atoms with Gasteiger partial charge in [-0.05, 0) is 50.5 Å². The lowest BCUT2D eigenvalue weighted by Crippen LogP contribution is -2.46. The normalized spacial score (nSPS) is 20.5. The summed E-state index contributed by atoms with van der Waals surface area (Å²) in [7, 11) is 1.63. The summed E-state index contributed by atoms with van der Waals surface area (Å²) in [6.45, 7) is 6.27. The van der Waals surface area contributed by atoms with Gasteiger partial charge in [-0.25, -0.2) is 0 Å². The van der Waals surface area contributed by atoms with E-state index in [-0.39, 0.29) is 12.2 Å². The number of aliphatic hydroxyl groups is 2. The van der Waals surface area contributed by atoms with Gasteiger partial charge in [0.25, 0.3) is 0 Å². The SMILES string of the molecule is COc1cccc(C2(O)CCN(CC(O)COc3cccc4c3OC(C)(C)C4)CC2)c1. The summed E-state index contributed by atoms with van der Waals surface area (Å²) in [5.74, 6) is 2.23. The summed E-state index contributed by atoms with van der Waals surface area (Å²) < 4.78 is 17.2. The second kappa shape index (κ2) is 8.69. The molecule has 0 spiro atoms. The van der Waals surface area contributed by atoms with Crippen molar-refractivity contribution in [1.29, 1.82) is 0 Å². The topological polar surface area (TPSA) is 71.4 Å². The lowest BCUT2D eigenvalue weighted by molar-refractivity contribution is -0.0374. The fourth-order valence-electron chi connectivity index (χ4n) is 4.54. The first kappa shape index (κ1) is 21.9. The Balaban J connectivity index is 1.28. The van der Waals surface area contributed by atoms with Gasteiger partial charge in [0.2, 0.25) is 0 Å². The van der Waals surface area contributed by atoms with Crippen LogP contribution in [0.2, 0.25) is 0 Å². The molecule has 0 bridgehead atoms. The molecule has 6 nitrogen and oxygen atoms in total. The van der Waals surface area contributed by atoms with Gasteiger partial charge in [0.05, 0.1) is 12.7 Å². The molecule has 1 fully saturated rings. The highest BCUT2D eigenvalue weighted by molar-refractivity contribution is 5.50. The van der Waals surface area contributed by atoms with Crippen LogP contribution in [0.25, 0.3) is 0 Å². The predicted octanol–water partition coefficient (Wildman–Crippen LogP) is 3.13. The number of methoxy groups -OCH3 is 1. The van der Waals surface area contributed by atoms with Crippen molar-refractivity contribution in [2.45, 2.75) is 50.4 Å². The van der Waals surface area contributed by atoms with Gasteiger partial charge < -0.3 is 29.3 Å². The van der Waals surface area contributed by atoms with Gasteiger partial charge in [0.1, 0.15) is 24.1 Å². The van der Waals surface area contributed by atoms with Crippen LogP contribution in [0.1, 0.15) is 37.8 Å². The van der Waals surface area contributed by atoms with E-state index in [9.17, 15) is 10.2 Å².